The SMILES string of the molecule is C=C(C)C(=O)OCCCCCCCCOC(=O)CCP(=O)(O)O. The molecule has 0 amide bonds. The van der Waals surface area contributed by atoms with Crippen molar-refractivity contribution in [3.05, 3.63) is 12.2 Å². The van der Waals surface area contributed by atoms with Gasteiger partial charge in [0.1, 0.15) is 0 Å². The molecule has 0 aromatic rings. The predicted molar refractivity (Wildman–Crippen MR) is 86.0 cm³/mol. The molecule has 0 unspecified atom stereocenters. The number of carbonyl (C=O) groups excluding carboxylic acids is 2. The zero-order chi connectivity index (χ0) is 17.7. The summed E-state index contributed by atoms with van der Waals surface area (Å²) < 4.78 is 20.4. The Kier molecular flexibility index (Phi) is 11.7. The highest BCUT2D eigenvalue weighted by Gasteiger charge is 2.15. The Morgan fingerprint density at radius 3 is 1.91 bits per heavy atom. The van der Waals surface area contributed by atoms with Crippen LogP contribution in [-0.4, -0.2) is 41.1 Å². The molecule has 0 aromatic heterocycles. The maximum absolute atomic E-state index is 11.2. The minimum absolute atomic E-state index is 0.257. The maximum Gasteiger partial charge on any atom is 0.333 e. The molecule has 0 aromatic carbocycles. The molecule has 2 N–H and O–H groups in total. The van der Waals surface area contributed by atoms with Crippen LogP contribution in [0.15, 0.2) is 12.2 Å². The van der Waals surface area contributed by atoms with Crippen molar-refractivity contribution in [2.45, 2.75) is 51.9 Å². The molecule has 23 heavy (non-hydrogen) atoms. The summed E-state index contributed by atoms with van der Waals surface area (Å²) in [7, 11) is -4.13. The van der Waals surface area contributed by atoms with Crippen LogP contribution in [0.25, 0.3) is 0 Å². The van der Waals surface area contributed by atoms with Crippen LogP contribution in [0.4, 0.5) is 0 Å². The van der Waals surface area contributed by atoms with Crippen molar-refractivity contribution in [2.75, 3.05) is 19.4 Å². The summed E-state index contributed by atoms with van der Waals surface area (Å²) >= 11 is 0. The Bertz CT molecular complexity index is 428. The van der Waals surface area contributed by atoms with Crippen molar-refractivity contribution in [1.29, 1.82) is 0 Å². The van der Waals surface area contributed by atoms with Gasteiger partial charge in [0.25, 0.3) is 0 Å². The fraction of sp³-hybridized carbons (Fsp3) is 0.733. The molecule has 0 radical (unpaired) electrons. The van der Waals surface area contributed by atoms with Crippen LogP contribution < -0.4 is 0 Å². The van der Waals surface area contributed by atoms with Crippen molar-refractivity contribution in [1.82, 2.24) is 0 Å². The monoisotopic (exact) mass is 350 g/mol. The lowest BCUT2D eigenvalue weighted by atomic mass is 10.1. The molecular weight excluding hydrogens is 323 g/mol. The van der Waals surface area contributed by atoms with Gasteiger partial charge in [-0.15, -0.1) is 0 Å². The van der Waals surface area contributed by atoms with Crippen LogP contribution in [0.5, 0.6) is 0 Å². The van der Waals surface area contributed by atoms with E-state index in [0.29, 0.717) is 12.2 Å². The Morgan fingerprint density at radius 1 is 0.957 bits per heavy atom. The van der Waals surface area contributed by atoms with Gasteiger partial charge < -0.3 is 19.3 Å². The van der Waals surface area contributed by atoms with Crippen molar-refractivity contribution in [3.63, 3.8) is 0 Å². The number of rotatable bonds is 13. The Balaban J connectivity index is 3.34. The van der Waals surface area contributed by atoms with E-state index in [2.05, 4.69) is 6.58 Å². The molecular formula is C15H27O7P. The summed E-state index contributed by atoms with van der Waals surface area (Å²) in [6, 6.07) is 0. The Labute approximate surface area is 137 Å². The molecule has 134 valence electrons. The van der Waals surface area contributed by atoms with Crippen LogP contribution in [0.3, 0.4) is 0 Å². The molecule has 0 saturated carbocycles. The standard InChI is InChI=1S/C15H27O7P/c1-13(2)15(17)22-11-8-6-4-3-5-7-10-21-14(16)9-12-23(18,19)20/h1,3-12H2,2H3,(H2,18,19,20). The topological polar surface area (TPSA) is 110 Å². The minimum atomic E-state index is -4.13. The Morgan fingerprint density at radius 2 is 1.43 bits per heavy atom. The zero-order valence-corrected chi connectivity index (χ0v) is 14.6. The van der Waals surface area contributed by atoms with Crippen LogP contribution in [0, 0.1) is 0 Å². The summed E-state index contributed by atoms with van der Waals surface area (Å²) in [6.07, 6.45) is 4.70. The first-order valence-corrected chi connectivity index (χ1v) is 9.55. The zero-order valence-electron chi connectivity index (χ0n) is 13.7. The normalized spacial score (nSPS) is 11.1. The predicted octanol–water partition coefficient (Wildman–Crippen LogP) is 2.56. The first-order chi connectivity index (χ1) is 10.7. The van der Waals surface area contributed by atoms with Gasteiger partial charge in [-0.25, -0.2) is 4.79 Å². The average molecular weight is 350 g/mol. The summed E-state index contributed by atoms with van der Waals surface area (Å²) in [5, 5.41) is 0. The number of unbranched alkanes of at least 4 members (excludes halogenated alkanes) is 5. The van der Waals surface area contributed by atoms with Gasteiger partial charge in [0, 0.05) is 5.57 Å². The number of carbonyl (C=O) groups is 2. The van der Waals surface area contributed by atoms with Crippen molar-refractivity contribution >= 4 is 19.5 Å². The maximum atomic E-state index is 11.2. The summed E-state index contributed by atoms with van der Waals surface area (Å²) in [5.41, 5.74) is 0.403. The highest BCUT2D eigenvalue weighted by Crippen LogP contribution is 2.34. The van der Waals surface area contributed by atoms with Gasteiger partial charge in [-0.3, -0.25) is 9.36 Å². The van der Waals surface area contributed by atoms with Crippen molar-refractivity contribution < 1.29 is 33.4 Å². The van der Waals surface area contributed by atoms with Gasteiger partial charge in [0.2, 0.25) is 0 Å². The number of ether oxygens (including phenoxy) is 2. The lowest BCUT2D eigenvalue weighted by Crippen LogP contribution is -2.08. The van der Waals surface area contributed by atoms with Gasteiger partial charge in [0.15, 0.2) is 0 Å². The van der Waals surface area contributed by atoms with Gasteiger partial charge >= 0.3 is 19.5 Å². The van der Waals surface area contributed by atoms with E-state index in [-0.39, 0.29) is 19.0 Å². The molecule has 0 aliphatic rings. The third kappa shape index (κ3) is 15.5. The van der Waals surface area contributed by atoms with Crippen LogP contribution in [0.2, 0.25) is 0 Å². The highest BCUT2D eigenvalue weighted by atomic mass is 31.2. The largest absolute Gasteiger partial charge is 0.466 e. The fourth-order valence-corrected chi connectivity index (χ4v) is 2.17. The molecule has 8 heteroatoms. The molecule has 0 rings (SSSR count). The van der Waals surface area contributed by atoms with Crippen LogP contribution in [0.1, 0.15) is 51.9 Å². The molecule has 0 atom stereocenters. The quantitative estimate of drug-likeness (QED) is 0.227. The second-order valence-corrected chi connectivity index (χ2v) is 7.17. The van der Waals surface area contributed by atoms with Crippen molar-refractivity contribution in [2.24, 2.45) is 0 Å². The van der Waals surface area contributed by atoms with E-state index in [1.54, 1.807) is 6.92 Å². The Hall–Kier alpha value is -1.17. The van der Waals surface area contributed by atoms with Gasteiger partial charge in [0.05, 0.1) is 25.8 Å². The van der Waals surface area contributed by atoms with Gasteiger partial charge in [-0.05, 0) is 19.8 Å². The molecule has 0 fully saturated rings. The summed E-state index contributed by atoms with van der Waals surface area (Å²) in [6.45, 7) is 5.79. The average Bonchev–Trinajstić information content (AvgIpc) is 2.45. The first-order valence-electron chi connectivity index (χ1n) is 7.75. The number of esters is 2. The van der Waals surface area contributed by atoms with Crippen molar-refractivity contribution in [3.8, 4) is 0 Å². The van der Waals surface area contributed by atoms with Gasteiger partial charge in [-0.2, -0.15) is 0 Å². The van der Waals surface area contributed by atoms with E-state index in [1.807, 2.05) is 0 Å². The van der Waals surface area contributed by atoms with Gasteiger partial charge in [-0.1, -0.05) is 32.3 Å². The number of hydrogen-bond acceptors (Lipinski definition) is 5. The molecule has 0 heterocycles. The summed E-state index contributed by atoms with van der Waals surface area (Å²) in [5.74, 6) is -0.932. The van der Waals surface area contributed by atoms with E-state index in [1.165, 1.54) is 0 Å². The first kappa shape index (κ1) is 21.8. The molecule has 0 spiro atoms. The second-order valence-electron chi connectivity index (χ2n) is 5.40. The molecule has 0 saturated heterocycles. The molecule has 0 aliphatic carbocycles. The van der Waals surface area contributed by atoms with E-state index in [9.17, 15) is 14.2 Å². The smallest absolute Gasteiger partial charge is 0.333 e. The minimum Gasteiger partial charge on any atom is -0.466 e. The summed E-state index contributed by atoms with van der Waals surface area (Å²) in [4.78, 5) is 39.5. The number of hydrogen-bond donors (Lipinski definition) is 2. The fourth-order valence-electron chi connectivity index (χ4n) is 1.69. The lowest BCUT2D eigenvalue weighted by Gasteiger charge is -2.06. The lowest BCUT2D eigenvalue weighted by molar-refractivity contribution is -0.143. The molecule has 0 bridgehead atoms. The second kappa shape index (κ2) is 12.3. The van der Waals surface area contributed by atoms with E-state index in [0.717, 1.165) is 38.5 Å². The third-order valence-corrected chi connectivity index (χ3v) is 3.80. The van der Waals surface area contributed by atoms with E-state index < -0.39 is 19.7 Å². The molecule has 7 nitrogen and oxygen atoms in total. The highest BCUT2D eigenvalue weighted by molar-refractivity contribution is 7.51. The van der Waals surface area contributed by atoms with E-state index >= 15 is 0 Å². The molecule has 0 aliphatic heterocycles. The van der Waals surface area contributed by atoms with E-state index in [4.69, 9.17) is 19.3 Å². The third-order valence-electron chi connectivity index (χ3n) is 2.99. The van der Waals surface area contributed by atoms with Crippen LogP contribution in [-0.2, 0) is 23.6 Å². The van der Waals surface area contributed by atoms with Crippen LogP contribution >= 0.6 is 7.60 Å².